The van der Waals surface area contributed by atoms with E-state index >= 15 is 0 Å². The molecule has 0 saturated carbocycles. The molecule has 0 aromatic heterocycles. The maximum atomic E-state index is 11.3. The van der Waals surface area contributed by atoms with E-state index < -0.39 is 5.60 Å². The Morgan fingerprint density at radius 3 is 2.17 bits per heavy atom. The predicted molar refractivity (Wildman–Crippen MR) is 93.8 cm³/mol. The Balaban J connectivity index is 0. The first-order chi connectivity index (χ1) is 10.9. The van der Waals surface area contributed by atoms with E-state index in [1.807, 2.05) is 27.7 Å². The molecular formula is C17H36N2O4. The third kappa shape index (κ3) is 26.1. The monoisotopic (exact) mass is 332 g/mol. The fourth-order valence-electron chi connectivity index (χ4n) is 1.50. The SMILES string of the molecule is CC(C)(C)OC(=O)NCCCNCCCCCC=O.CCOC. The molecule has 0 aliphatic heterocycles. The van der Waals surface area contributed by atoms with E-state index in [1.165, 1.54) is 0 Å². The first-order valence-corrected chi connectivity index (χ1v) is 8.47. The fraction of sp³-hybridized carbons (Fsp3) is 0.882. The number of hydrogen-bond donors (Lipinski definition) is 2. The van der Waals surface area contributed by atoms with Crippen molar-refractivity contribution < 1.29 is 19.1 Å². The molecule has 0 fully saturated rings. The number of unbranched alkanes of at least 4 members (excludes halogenated alkanes) is 3. The molecule has 0 rings (SSSR count). The Hall–Kier alpha value is -1.14. The van der Waals surface area contributed by atoms with Crippen LogP contribution in [0.4, 0.5) is 4.79 Å². The number of carbonyl (C=O) groups excluding carboxylic acids is 2. The molecular weight excluding hydrogens is 296 g/mol. The smallest absolute Gasteiger partial charge is 0.407 e. The third-order valence-electron chi connectivity index (χ3n) is 2.66. The molecule has 6 heteroatoms. The van der Waals surface area contributed by atoms with Gasteiger partial charge in [-0.15, -0.1) is 0 Å². The molecule has 2 N–H and O–H groups in total. The Kier molecular flexibility index (Phi) is 18.1. The highest BCUT2D eigenvalue weighted by atomic mass is 16.6. The van der Waals surface area contributed by atoms with E-state index in [0.717, 1.165) is 51.7 Å². The van der Waals surface area contributed by atoms with Crippen molar-refractivity contribution in [3.8, 4) is 0 Å². The highest BCUT2D eigenvalue weighted by molar-refractivity contribution is 5.67. The first-order valence-electron chi connectivity index (χ1n) is 8.47. The Morgan fingerprint density at radius 1 is 1.04 bits per heavy atom. The highest BCUT2D eigenvalue weighted by Gasteiger charge is 2.15. The molecule has 0 radical (unpaired) electrons. The summed E-state index contributed by atoms with van der Waals surface area (Å²) in [6.07, 6.45) is 5.31. The normalized spacial score (nSPS) is 10.5. The van der Waals surface area contributed by atoms with Crippen LogP contribution in [0, 0.1) is 0 Å². The maximum absolute atomic E-state index is 11.3. The van der Waals surface area contributed by atoms with Gasteiger partial charge in [0.2, 0.25) is 0 Å². The van der Waals surface area contributed by atoms with Gasteiger partial charge >= 0.3 is 6.09 Å². The van der Waals surface area contributed by atoms with Crippen LogP contribution in [0.15, 0.2) is 0 Å². The first kappa shape index (κ1) is 24.1. The largest absolute Gasteiger partial charge is 0.444 e. The van der Waals surface area contributed by atoms with E-state index in [0.29, 0.717) is 13.0 Å². The summed E-state index contributed by atoms with van der Waals surface area (Å²) >= 11 is 0. The van der Waals surface area contributed by atoms with Gasteiger partial charge in [0, 0.05) is 26.7 Å². The van der Waals surface area contributed by atoms with Gasteiger partial charge in [-0.2, -0.15) is 0 Å². The van der Waals surface area contributed by atoms with E-state index in [1.54, 1.807) is 7.11 Å². The Morgan fingerprint density at radius 2 is 1.65 bits per heavy atom. The van der Waals surface area contributed by atoms with Crippen molar-refractivity contribution >= 4 is 12.4 Å². The number of carbonyl (C=O) groups is 2. The van der Waals surface area contributed by atoms with Gasteiger partial charge < -0.3 is 24.9 Å². The van der Waals surface area contributed by atoms with Gasteiger partial charge in [0.25, 0.3) is 0 Å². The molecule has 0 aromatic rings. The van der Waals surface area contributed by atoms with Crippen molar-refractivity contribution in [1.29, 1.82) is 0 Å². The van der Waals surface area contributed by atoms with Crippen molar-refractivity contribution in [3.05, 3.63) is 0 Å². The number of methoxy groups -OCH3 is 1. The lowest BCUT2D eigenvalue weighted by Gasteiger charge is -2.19. The van der Waals surface area contributed by atoms with Gasteiger partial charge in [0.05, 0.1) is 0 Å². The van der Waals surface area contributed by atoms with Crippen LogP contribution in [0.3, 0.4) is 0 Å². The van der Waals surface area contributed by atoms with Crippen LogP contribution in [0.1, 0.15) is 59.8 Å². The van der Waals surface area contributed by atoms with Crippen LogP contribution in [-0.4, -0.2) is 51.3 Å². The van der Waals surface area contributed by atoms with E-state index in [4.69, 9.17) is 4.74 Å². The summed E-state index contributed by atoms with van der Waals surface area (Å²) in [5.74, 6) is 0. The minimum Gasteiger partial charge on any atom is -0.444 e. The Bertz CT molecular complexity index is 276. The highest BCUT2D eigenvalue weighted by Crippen LogP contribution is 2.06. The molecule has 23 heavy (non-hydrogen) atoms. The summed E-state index contributed by atoms with van der Waals surface area (Å²) in [4.78, 5) is 21.4. The minimum atomic E-state index is -0.441. The second-order valence-corrected chi connectivity index (χ2v) is 6.13. The number of amides is 1. The standard InChI is InChI=1S/C14H28N2O3.C3H8O/c1-14(2,3)19-13(18)16-11-8-10-15-9-6-4-5-7-12-17;1-3-4-2/h12,15H,4-11H2,1-3H3,(H,16,18);3H2,1-2H3. The fourth-order valence-corrected chi connectivity index (χ4v) is 1.50. The van der Waals surface area contributed by atoms with Gasteiger partial charge in [-0.05, 0) is 60.0 Å². The van der Waals surface area contributed by atoms with Crippen LogP contribution in [-0.2, 0) is 14.3 Å². The molecule has 0 bridgehead atoms. The van der Waals surface area contributed by atoms with Crippen molar-refractivity contribution in [1.82, 2.24) is 10.6 Å². The van der Waals surface area contributed by atoms with Gasteiger partial charge in [-0.25, -0.2) is 4.79 Å². The lowest BCUT2D eigenvalue weighted by molar-refractivity contribution is -0.107. The molecule has 0 aliphatic carbocycles. The van der Waals surface area contributed by atoms with Crippen molar-refractivity contribution in [2.45, 2.75) is 65.4 Å². The average Bonchev–Trinajstić information content (AvgIpc) is 2.47. The molecule has 0 atom stereocenters. The summed E-state index contributed by atoms with van der Waals surface area (Å²) in [6.45, 7) is 10.8. The second-order valence-electron chi connectivity index (χ2n) is 6.13. The summed E-state index contributed by atoms with van der Waals surface area (Å²) in [7, 11) is 1.68. The van der Waals surface area contributed by atoms with Crippen LogP contribution < -0.4 is 10.6 Å². The van der Waals surface area contributed by atoms with E-state index in [2.05, 4.69) is 15.4 Å². The molecule has 0 saturated heterocycles. The maximum Gasteiger partial charge on any atom is 0.407 e. The number of ether oxygens (including phenoxy) is 2. The minimum absolute atomic E-state index is 0.360. The summed E-state index contributed by atoms with van der Waals surface area (Å²) in [5, 5.41) is 6.02. The molecule has 0 unspecified atom stereocenters. The zero-order valence-electron chi connectivity index (χ0n) is 15.6. The number of aldehydes is 1. The van der Waals surface area contributed by atoms with Gasteiger partial charge in [-0.1, -0.05) is 6.42 Å². The molecule has 0 spiro atoms. The lowest BCUT2D eigenvalue weighted by atomic mass is 10.2. The van der Waals surface area contributed by atoms with Crippen LogP contribution in [0.5, 0.6) is 0 Å². The molecule has 0 aromatic carbocycles. The lowest BCUT2D eigenvalue weighted by Crippen LogP contribution is -2.34. The van der Waals surface area contributed by atoms with Crippen molar-refractivity contribution in [3.63, 3.8) is 0 Å². The predicted octanol–water partition coefficient (Wildman–Crippen LogP) is 2.90. The quantitative estimate of drug-likeness (QED) is 0.449. The van der Waals surface area contributed by atoms with Crippen LogP contribution in [0.25, 0.3) is 0 Å². The summed E-state index contributed by atoms with van der Waals surface area (Å²) < 4.78 is 9.66. The van der Waals surface area contributed by atoms with E-state index in [-0.39, 0.29) is 6.09 Å². The average molecular weight is 332 g/mol. The molecule has 138 valence electrons. The van der Waals surface area contributed by atoms with E-state index in [9.17, 15) is 9.59 Å². The van der Waals surface area contributed by atoms with Gasteiger partial charge in [0.15, 0.2) is 0 Å². The molecule has 1 amide bonds. The Labute approximate surface area is 141 Å². The van der Waals surface area contributed by atoms with Crippen LogP contribution in [0.2, 0.25) is 0 Å². The molecule has 6 nitrogen and oxygen atoms in total. The number of rotatable bonds is 11. The third-order valence-corrected chi connectivity index (χ3v) is 2.66. The second kappa shape index (κ2) is 17.2. The van der Waals surface area contributed by atoms with Crippen molar-refractivity contribution in [2.24, 2.45) is 0 Å². The zero-order chi connectivity index (χ0) is 18.0. The number of hydrogen-bond acceptors (Lipinski definition) is 5. The van der Waals surface area contributed by atoms with Crippen molar-refractivity contribution in [2.75, 3.05) is 33.4 Å². The topological polar surface area (TPSA) is 76.7 Å². The molecule has 0 heterocycles. The zero-order valence-corrected chi connectivity index (χ0v) is 15.6. The number of alkyl carbamates (subject to hydrolysis) is 1. The number of nitrogens with one attached hydrogen (secondary N) is 2. The van der Waals surface area contributed by atoms with Gasteiger partial charge in [0.1, 0.15) is 11.9 Å². The summed E-state index contributed by atoms with van der Waals surface area (Å²) in [5.41, 5.74) is -0.441. The molecule has 0 aliphatic rings. The van der Waals surface area contributed by atoms with Gasteiger partial charge in [-0.3, -0.25) is 0 Å². The summed E-state index contributed by atoms with van der Waals surface area (Å²) in [6, 6.07) is 0. The van der Waals surface area contributed by atoms with Crippen LogP contribution >= 0.6 is 0 Å².